The van der Waals surface area contributed by atoms with Gasteiger partial charge in [0.05, 0.1) is 15.7 Å². The Balaban J connectivity index is 2.30. The van der Waals surface area contributed by atoms with Gasteiger partial charge in [0.1, 0.15) is 0 Å². The monoisotopic (exact) mass is 505 g/mol. The highest BCUT2D eigenvalue weighted by molar-refractivity contribution is 8.18. The molecule has 4 nitrogen and oxygen atoms in total. The van der Waals surface area contributed by atoms with Crippen LogP contribution in [0.25, 0.3) is 0 Å². The van der Waals surface area contributed by atoms with E-state index in [1.165, 1.54) is 36.0 Å². The minimum absolute atomic E-state index is 0.0171. The lowest BCUT2D eigenvalue weighted by Crippen LogP contribution is -2.38. The quantitative estimate of drug-likeness (QED) is 0.152. The Kier molecular flexibility index (Phi) is 10.4. The van der Waals surface area contributed by atoms with Gasteiger partial charge in [-0.05, 0) is 44.8 Å². The first kappa shape index (κ1) is 26.7. The van der Waals surface area contributed by atoms with Crippen LogP contribution < -0.4 is 10.1 Å². The fraction of sp³-hybridized carbons (Fsp3) is 0.652. The highest BCUT2D eigenvalue weighted by Crippen LogP contribution is 2.44. The van der Waals surface area contributed by atoms with Crippen molar-refractivity contribution in [3.63, 3.8) is 0 Å². The number of nitrogens with one attached hydrogen (secondary N) is 1. The number of hydrogen-bond acceptors (Lipinski definition) is 5. The minimum Gasteiger partial charge on any atom is -0.423 e. The maximum atomic E-state index is 13.5. The highest BCUT2D eigenvalue weighted by atomic mass is 35.5. The molecule has 0 atom stereocenters. The van der Waals surface area contributed by atoms with Crippen molar-refractivity contribution in [2.45, 2.75) is 75.7 Å². The average Bonchev–Trinajstić information content (AvgIpc) is 2.77. The number of carbonyl (C=O) groups excluding carboxylic acids is 2. The van der Waals surface area contributed by atoms with Crippen molar-refractivity contribution >= 4 is 64.3 Å². The third-order valence-electron chi connectivity index (χ3n) is 6.17. The number of esters is 1. The van der Waals surface area contributed by atoms with Gasteiger partial charge in [0.25, 0.3) is 0 Å². The molecule has 1 N–H and O–H groups in total. The van der Waals surface area contributed by atoms with Gasteiger partial charge in [-0.15, -0.1) is 23.5 Å². The van der Waals surface area contributed by atoms with Gasteiger partial charge in [-0.1, -0.05) is 68.7 Å². The average molecular weight is 507 g/mol. The SMILES string of the molecule is CCCCCC1(C(=O)Nc2cc(Cl)c(Cl)cc2OC(=O)C(C)(SC)SC)CCCCC1. The van der Waals surface area contributed by atoms with Gasteiger partial charge in [-0.25, -0.2) is 4.79 Å². The molecule has 0 aromatic heterocycles. The first-order valence-electron chi connectivity index (χ1n) is 10.8. The summed E-state index contributed by atoms with van der Waals surface area (Å²) in [6.45, 7) is 3.98. The van der Waals surface area contributed by atoms with Crippen molar-refractivity contribution in [3.05, 3.63) is 22.2 Å². The van der Waals surface area contributed by atoms with Crippen LogP contribution in [0, 0.1) is 5.41 Å². The molecule has 1 saturated carbocycles. The van der Waals surface area contributed by atoms with Gasteiger partial charge >= 0.3 is 5.97 Å². The fourth-order valence-corrected chi connectivity index (χ4v) is 5.34. The van der Waals surface area contributed by atoms with Crippen LogP contribution >= 0.6 is 46.7 Å². The maximum Gasteiger partial charge on any atom is 0.337 e. The Morgan fingerprint density at radius 3 is 2.29 bits per heavy atom. The molecule has 1 fully saturated rings. The highest BCUT2D eigenvalue weighted by Gasteiger charge is 2.39. The molecule has 174 valence electrons. The molecule has 1 aromatic carbocycles. The second-order valence-electron chi connectivity index (χ2n) is 8.26. The molecular weight excluding hydrogens is 473 g/mol. The standard InChI is InChI=1S/C23H33Cl2NO3S2/c1-5-6-8-11-23(12-9-7-10-13-23)20(27)26-18-14-16(24)17(25)15-19(18)29-21(28)22(2,30-3)31-4/h14-15H,5-13H2,1-4H3,(H,26,27). The second kappa shape index (κ2) is 12.1. The number of benzene rings is 1. The summed E-state index contributed by atoms with van der Waals surface area (Å²) in [7, 11) is 0. The molecule has 31 heavy (non-hydrogen) atoms. The van der Waals surface area contributed by atoms with Crippen LogP contribution in [0.4, 0.5) is 5.69 Å². The Morgan fingerprint density at radius 2 is 1.71 bits per heavy atom. The molecule has 1 aliphatic carbocycles. The van der Waals surface area contributed by atoms with Gasteiger partial charge in [0, 0.05) is 11.5 Å². The summed E-state index contributed by atoms with van der Waals surface area (Å²) >= 11 is 15.2. The molecule has 1 aliphatic rings. The lowest BCUT2D eigenvalue weighted by atomic mass is 9.70. The van der Waals surface area contributed by atoms with Gasteiger partial charge < -0.3 is 10.1 Å². The van der Waals surface area contributed by atoms with Crippen molar-refractivity contribution in [1.82, 2.24) is 0 Å². The number of anilines is 1. The van der Waals surface area contributed by atoms with Gasteiger partial charge in [-0.2, -0.15) is 0 Å². The van der Waals surface area contributed by atoms with Gasteiger partial charge in [0.15, 0.2) is 9.83 Å². The molecule has 1 aromatic rings. The van der Waals surface area contributed by atoms with E-state index in [2.05, 4.69) is 12.2 Å². The van der Waals surface area contributed by atoms with Crippen LogP contribution in [-0.4, -0.2) is 28.5 Å². The number of unbranched alkanes of at least 4 members (excludes halogenated alkanes) is 2. The molecule has 0 heterocycles. The number of ether oxygens (including phenoxy) is 1. The summed E-state index contributed by atoms with van der Waals surface area (Å²) in [5, 5.41) is 3.61. The van der Waals surface area contributed by atoms with E-state index in [-0.39, 0.29) is 22.1 Å². The first-order valence-corrected chi connectivity index (χ1v) is 14.0. The summed E-state index contributed by atoms with van der Waals surface area (Å²) in [5.74, 6) is -0.199. The fourth-order valence-electron chi connectivity index (χ4n) is 3.94. The van der Waals surface area contributed by atoms with Crippen molar-refractivity contribution in [2.75, 3.05) is 17.8 Å². The zero-order valence-electron chi connectivity index (χ0n) is 18.8. The summed E-state index contributed by atoms with van der Waals surface area (Å²) < 4.78 is 4.94. The summed E-state index contributed by atoms with van der Waals surface area (Å²) in [6, 6.07) is 3.07. The zero-order valence-corrected chi connectivity index (χ0v) is 22.0. The number of halogens is 2. The lowest BCUT2D eigenvalue weighted by molar-refractivity contribution is -0.134. The van der Waals surface area contributed by atoms with Gasteiger partial charge in [0.2, 0.25) is 5.91 Å². The Morgan fingerprint density at radius 1 is 1.10 bits per heavy atom. The number of hydrogen-bond donors (Lipinski definition) is 1. The number of thioether (sulfide) groups is 2. The van der Waals surface area contributed by atoms with Crippen molar-refractivity contribution in [3.8, 4) is 5.75 Å². The van der Waals surface area contributed by atoms with Crippen molar-refractivity contribution < 1.29 is 14.3 Å². The summed E-state index contributed by atoms with van der Waals surface area (Å²) in [4.78, 5) is 26.3. The van der Waals surface area contributed by atoms with Crippen LogP contribution in [-0.2, 0) is 9.59 Å². The van der Waals surface area contributed by atoms with Crippen LogP contribution in [0.2, 0.25) is 10.0 Å². The van der Waals surface area contributed by atoms with E-state index in [1.807, 2.05) is 19.4 Å². The molecule has 0 radical (unpaired) electrons. The van der Waals surface area contributed by atoms with Crippen LogP contribution in [0.3, 0.4) is 0 Å². The van der Waals surface area contributed by atoms with E-state index < -0.39 is 10.0 Å². The number of rotatable bonds is 10. The molecule has 0 bridgehead atoms. The Labute approximate surface area is 204 Å². The first-order chi connectivity index (χ1) is 14.7. The van der Waals surface area contributed by atoms with Gasteiger partial charge in [-0.3, -0.25) is 4.79 Å². The Hall–Kier alpha value is -0.560. The molecule has 1 amide bonds. The predicted molar refractivity (Wildman–Crippen MR) is 136 cm³/mol. The van der Waals surface area contributed by atoms with Crippen LogP contribution in [0.5, 0.6) is 5.75 Å². The second-order valence-corrected chi connectivity index (χ2v) is 11.8. The van der Waals surface area contributed by atoms with Crippen molar-refractivity contribution in [2.24, 2.45) is 5.41 Å². The molecule has 0 aliphatic heterocycles. The molecule has 0 spiro atoms. The lowest BCUT2D eigenvalue weighted by Gasteiger charge is -2.36. The molecule has 8 heteroatoms. The van der Waals surface area contributed by atoms with E-state index in [9.17, 15) is 9.59 Å². The van der Waals surface area contributed by atoms with E-state index in [0.717, 1.165) is 51.4 Å². The topological polar surface area (TPSA) is 55.4 Å². The summed E-state index contributed by atoms with van der Waals surface area (Å²) in [6.07, 6.45) is 12.9. The van der Waals surface area contributed by atoms with E-state index in [4.69, 9.17) is 27.9 Å². The smallest absolute Gasteiger partial charge is 0.337 e. The van der Waals surface area contributed by atoms with Crippen LogP contribution in [0.15, 0.2) is 12.1 Å². The number of amides is 1. The molecular formula is C23H33Cl2NO3S2. The zero-order chi connectivity index (χ0) is 23.1. The van der Waals surface area contributed by atoms with E-state index in [1.54, 1.807) is 6.07 Å². The summed E-state index contributed by atoms with van der Waals surface area (Å²) in [5.41, 5.74) is 0.00572. The predicted octanol–water partition coefficient (Wildman–Crippen LogP) is 7.81. The van der Waals surface area contributed by atoms with Crippen molar-refractivity contribution in [1.29, 1.82) is 0 Å². The van der Waals surface area contributed by atoms with E-state index in [0.29, 0.717) is 10.7 Å². The largest absolute Gasteiger partial charge is 0.423 e. The normalized spacial score (nSPS) is 16.1. The van der Waals surface area contributed by atoms with E-state index >= 15 is 0 Å². The maximum absolute atomic E-state index is 13.5. The third kappa shape index (κ3) is 6.72. The minimum atomic E-state index is -0.766. The molecule has 2 rings (SSSR count). The molecule has 0 unspecified atom stereocenters. The molecule has 0 saturated heterocycles. The van der Waals surface area contributed by atoms with Crippen LogP contribution in [0.1, 0.15) is 71.6 Å². The third-order valence-corrected chi connectivity index (χ3v) is 9.79. The Bertz CT molecular complexity index is 778. The number of carbonyl (C=O) groups is 2.